The molecular formula is C22H17BrN2O5. The number of esters is 1. The van der Waals surface area contributed by atoms with E-state index in [-0.39, 0.29) is 17.1 Å². The molecule has 3 rings (SSSR count). The number of nitrogens with zero attached hydrogens (tertiary/aromatic N) is 1. The molecule has 0 spiro atoms. The second-order valence-electron chi connectivity index (χ2n) is 6.02. The third-order valence-electron chi connectivity index (χ3n) is 4.02. The maximum absolute atomic E-state index is 12.4. The quantitative estimate of drug-likeness (QED) is 0.245. The molecule has 2 N–H and O–H groups in total. The minimum Gasteiger partial charge on any atom is -0.507 e. The van der Waals surface area contributed by atoms with Crippen LogP contribution >= 0.6 is 15.9 Å². The fraction of sp³-hybridized carbons (Fsp3) is 0.0455. The Hall–Kier alpha value is -3.65. The minimum atomic E-state index is -0.573. The Labute approximate surface area is 181 Å². The molecule has 30 heavy (non-hydrogen) atoms. The molecule has 152 valence electrons. The first-order valence-corrected chi connectivity index (χ1v) is 9.54. The molecule has 0 bridgehead atoms. The number of amides is 1. The molecule has 1 amide bonds. The molecule has 0 heterocycles. The van der Waals surface area contributed by atoms with Crippen LogP contribution in [0.25, 0.3) is 0 Å². The summed E-state index contributed by atoms with van der Waals surface area (Å²) in [5.74, 6) is -0.381. The summed E-state index contributed by atoms with van der Waals surface area (Å²) < 4.78 is 11.3. The van der Waals surface area contributed by atoms with E-state index >= 15 is 0 Å². The molecule has 0 radical (unpaired) electrons. The number of halogens is 1. The molecule has 3 aromatic carbocycles. The fourth-order valence-electron chi connectivity index (χ4n) is 2.49. The lowest BCUT2D eigenvalue weighted by atomic mass is 10.2. The van der Waals surface area contributed by atoms with Crippen molar-refractivity contribution in [3.63, 3.8) is 0 Å². The number of rotatable bonds is 6. The fourth-order valence-corrected chi connectivity index (χ4v) is 2.86. The molecule has 0 aromatic heterocycles. The standard InChI is InChI=1S/C22H17BrN2O5/c1-29-17-9-6-14(7-10-17)22(28)30-20-11-8-16(23)12-15(20)13-24-25-21(27)18-4-2-3-5-19(18)26/h2-13,26H,1H3,(H,25,27)/b24-13+. The number of hydrazone groups is 1. The molecule has 0 fully saturated rings. The summed E-state index contributed by atoms with van der Waals surface area (Å²) in [6.07, 6.45) is 1.35. The van der Waals surface area contributed by atoms with E-state index in [1.165, 1.54) is 18.3 Å². The van der Waals surface area contributed by atoms with E-state index in [1.807, 2.05) is 0 Å². The van der Waals surface area contributed by atoms with Crippen molar-refractivity contribution in [2.45, 2.75) is 0 Å². The van der Waals surface area contributed by atoms with Gasteiger partial charge in [-0.3, -0.25) is 4.79 Å². The van der Waals surface area contributed by atoms with E-state index in [1.54, 1.807) is 61.7 Å². The highest BCUT2D eigenvalue weighted by Gasteiger charge is 2.13. The number of carbonyl (C=O) groups is 2. The maximum atomic E-state index is 12.4. The van der Waals surface area contributed by atoms with Crippen LogP contribution in [0, 0.1) is 0 Å². The van der Waals surface area contributed by atoms with Gasteiger partial charge >= 0.3 is 5.97 Å². The molecule has 0 atom stereocenters. The number of carbonyl (C=O) groups excluding carboxylic acids is 2. The monoisotopic (exact) mass is 468 g/mol. The van der Waals surface area contributed by atoms with Crippen LogP contribution in [-0.2, 0) is 0 Å². The topological polar surface area (TPSA) is 97.2 Å². The van der Waals surface area contributed by atoms with Gasteiger partial charge in [0, 0.05) is 10.0 Å². The summed E-state index contributed by atoms with van der Waals surface area (Å²) in [7, 11) is 1.54. The van der Waals surface area contributed by atoms with Crippen LogP contribution in [0.3, 0.4) is 0 Å². The van der Waals surface area contributed by atoms with Crippen molar-refractivity contribution < 1.29 is 24.2 Å². The summed E-state index contributed by atoms with van der Waals surface area (Å²) in [6, 6.07) is 17.7. The largest absolute Gasteiger partial charge is 0.507 e. The molecule has 0 aliphatic rings. The Morgan fingerprint density at radius 3 is 2.50 bits per heavy atom. The van der Waals surface area contributed by atoms with E-state index in [0.29, 0.717) is 16.9 Å². The first kappa shape index (κ1) is 21.1. The van der Waals surface area contributed by atoms with Crippen LogP contribution < -0.4 is 14.9 Å². The second-order valence-corrected chi connectivity index (χ2v) is 6.93. The minimum absolute atomic E-state index is 0.0926. The Kier molecular flexibility index (Phi) is 6.82. The summed E-state index contributed by atoms with van der Waals surface area (Å²) in [5, 5.41) is 13.6. The molecule has 3 aromatic rings. The van der Waals surface area contributed by atoms with Crippen molar-refractivity contribution >= 4 is 34.0 Å². The Morgan fingerprint density at radius 2 is 1.80 bits per heavy atom. The van der Waals surface area contributed by atoms with Gasteiger partial charge in [0.15, 0.2) is 0 Å². The van der Waals surface area contributed by atoms with Gasteiger partial charge < -0.3 is 14.6 Å². The number of hydrogen-bond donors (Lipinski definition) is 2. The maximum Gasteiger partial charge on any atom is 0.343 e. The van der Waals surface area contributed by atoms with E-state index < -0.39 is 11.9 Å². The zero-order valence-electron chi connectivity index (χ0n) is 15.8. The van der Waals surface area contributed by atoms with Crippen LogP contribution in [0.1, 0.15) is 26.3 Å². The zero-order chi connectivity index (χ0) is 21.5. The van der Waals surface area contributed by atoms with Gasteiger partial charge in [-0.1, -0.05) is 28.1 Å². The Bertz CT molecular complexity index is 1100. The normalized spacial score (nSPS) is 10.6. The van der Waals surface area contributed by atoms with Gasteiger partial charge in [0.1, 0.15) is 17.2 Å². The number of benzene rings is 3. The smallest absolute Gasteiger partial charge is 0.343 e. The first-order chi connectivity index (χ1) is 14.5. The van der Waals surface area contributed by atoms with Crippen molar-refractivity contribution in [1.82, 2.24) is 5.43 Å². The van der Waals surface area contributed by atoms with Gasteiger partial charge in [-0.15, -0.1) is 0 Å². The number of para-hydroxylation sites is 1. The van der Waals surface area contributed by atoms with E-state index in [0.717, 1.165) is 4.47 Å². The number of nitrogens with one attached hydrogen (secondary N) is 1. The lowest BCUT2D eigenvalue weighted by Crippen LogP contribution is -2.17. The van der Waals surface area contributed by atoms with Gasteiger partial charge in [0.25, 0.3) is 5.91 Å². The summed E-state index contributed by atoms with van der Waals surface area (Å²) in [5.41, 5.74) is 3.24. The third kappa shape index (κ3) is 5.24. The third-order valence-corrected chi connectivity index (χ3v) is 4.51. The summed E-state index contributed by atoms with van der Waals surface area (Å²) >= 11 is 3.35. The predicted octanol–water partition coefficient (Wildman–Crippen LogP) is 4.15. The molecule has 0 unspecified atom stereocenters. The molecule has 0 saturated heterocycles. The van der Waals surface area contributed by atoms with E-state index in [9.17, 15) is 14.7 Å². The highest BCUT2D eigenvalue weighted by molar-refractivity contribution is 9.10. The Morgan fingerprint density at radius 1 is 1.07 bits per heavy atom. The Balaban J connectivity index is 1.74. The number of phenols is 1. The SMILES string of the molecule is COc1ccc(C(=O)Oc2ccc(Br)cc2/C=N/NC(=O)c2ccccc2O)cc1. The summed E-state index contributed by atoms with van der Waals surface area (Å²) in [6.45, 7) is 0. The lowest BCUT2D eigenvalue weighted by molar-refractivity contribution is 0.0734. The van der Waals surface area contributed by atoms with Crippen molar-refractivity contribution in [3.05, 3.63) is 87.9 Å². The second kappa shape index (κ2) is 9.71. The predicted molar refractivity (Wildman–Crippen MR) is 115 cm³/mol. The number of aromatic hydroxyl groups is 1. The van der Waals surface area contributed by atoms with Crippen LogP contribution in [0.15, 0.2) is 76.3 Å². The molecule has 0 aliphatic carbocycles. The van der Waals surface area contributed by atoms with Crippen LogP contribution in [0.2, 0.25) is 0 Å². The van der Waals surface area contributed by atoms with Gasteiger partial charge in [0.2, 0.25) is 0 Å². The number of phenolic OH excluding ortho intramolecular Hbond substituents is 1. The molecule has 0 aliphatic heterocycles. The number of methoxy groups -OCH3 is 1. The zero-order valence-corrected chi connectivity index (χ0v) is 17.4. The van der Waals surface area contributed by atoms with Gasteiger partial charge in [-0.25, -0.2) is 10.2 Å². The highest BCUT2D eigenvalue weighted by atomic mass is 79.9. The van der Waals surface area contributed by atoms with Gasteiger partial charge in [0.05, 0.1) is 24.5 Å². The van der Waals surface area contributed by atoms with Crippen molar-refractivity contribution in [3.8, 4) is 17.2 Å². The molecule has 0 saturated carbocycles. The molecular weight excluding hydrogens is 452 g/mol. The molecule has 7 nitrogen and oxygen atoms in total. The number of ether oxygens (including phenoxy) is 2. The van der Waals surface area contributed by atoms with Crippen LogP contribution in [0.4, 0.5) is 0 Å². The van der Waals surface area contributed by atoms with Crippen LogP contribution in [0.5, 0.6) is 17.2 Å². The van der Waals surface area contributed by atoms with Crippen LogP contribution in [-0.4, -0.2) is 30.3 Å². The number of hydrogen-bond acceptors (Lipinski definition) is 6. The van der Waals surface area contributed by atoms with Gasteiger partial charge in [-0.2, -0.15) is 5.10 Å². The average molecular weight is 469 g/mol. The highest BCUT2D eigenvalue weighted by Crippen LogP contribution is 2.23. The lowest BCUT2D eigenvalue weighted by Gasteiger charge is -2.09. The average Bonchev–Trinajstić information content (AvgIpc) is 2.75. The molecule has 8 heteroatoms. The van der Waals surface area contributed by atoms with Crippen molar-refractivity contribution in [2.75, 3.05) is 7.11 Å². The van der Waals surface area contributed by atoms with E-state index in [4.69, 9.17) is 9.47 Å². The first-order valence-electron chi connectivity index (χ1n) is 8.75. The van der Waals surface area contributed by atoms with Gasteiger partial charge in [-0.05, 0) is 54.6 Å². The summed E-state index contributed by atoms with van der Waals surface area (Å²) in [4.78, 5) is 24.6. The van der Waals surface area contributed by atoms with E-state index in [2.05, 4.69) is 26.5 Å². The van der Waals surface area contributed by atoms with Crippen molar-refractivity contribution in [1.29, 1.82) is 0 Å². The van der Waals surface area contributed by atoms with Crippen molar-refractivity contribution in [2.24, 2.45) is 5.10 Å².